The fraction of sp³-hybridized carbons (Fsp3) is 0.385. The maximum absolute atomic E-state index is 11.8. The second-order valence-electron chi connectivity index (χ2n) is 5.26. The van der Waals surface area contributed by atoms with Gasteiger partial charge in [0.05, 0.1) is 11.4 Å². The van der Waals surface area contributed by atoms with E-state index in [-0.39, 0.29) is 5.91 Å². The molecule has 0 spiro atoms. The summed E-state index contributed by atoms with van der Waals surface area (Å²) >= 11 is 0. The molecule has 0 fully saturated rings. The van der Waals surface area contributed by atoms with E-state index >= 15 is 0 Å². The molecule has 1 unspecified atom stereocenters. The van der Waals surface area contributed by atoms with E-state index in [4.69, 9.17) is 4.74 Å². The van der Waals surface area contributed by atoms with Crippen LogP contribution in [0.3, 0.4) is 0 Å². The highest BCUT2D eigenvalue weighted by molar-refractivity contribution is 6.03. The first-order valence-corrected chi connectivity index (χ1v) is 6.01. The average Bonchev–Trinajstić information content (AvgIpc) is 2.27. The lowest BCUT2D eigenvalue weighted by Crippen LogP contribution is -2.52. The van der Waals surface area contributed by atoms with Crippen LogP contribution < -0.4 is 16.0 Å². The normalized spacial score (nSPS) is 17.8. The number of rotatable bonds is 1. The zero-order chi connectivity index (χ0) is 14.0. The molecule has 6 nitrogen and oxygen atoms in total. The van der Waals surface area contributed by atoms with Gasteiger partial charge in [0.15, 0.2) is 6.17 Å². The molecule has 0 aliphatic carbocycles. The SMILES string of the molecule is CC(C)(C)OC(=O)NC1Nc2ccccc2NC1=O. The maximum Gasteiger partial charge on any atom is 0.409 e. The van der Waals surface area contributed by atoms with Crippen molar-refractivity contribution in [1.82, 2.24) is 5.32 Å². The Morgan fingerprint density at radius 2 is 1.89 bits per heavy atom. The van der Waals surface area contributed by atoms with Crippen LogP contribution in [0.4, 0.5) is 16.2 Å². The van der Waals surface area contributed by atoms with Crippen molar-refractivity contribution in [1.29, 1.82) is 0 Å². The van der Waals surface area contributed by atoms with Gasteiger partial charge in [0.2, 0.25) is 0 Å². The highest BCUT2D eigenvalue weighted by atomic mass is 16.6. The zero-order valence-electron chi connectivity index (χ0n) is 11.1. The van der Waals surface area contributed by atoms with Gasteiger partial charge in [-0.25, -0.2) is 4.79 Å². The molecule has 19 heavy (non-hydrogen) atoms. The van der Waals surface area contributed by atoms with E-state index in [0.717, 1.165) is 5.69 Å². The molecule has 0 aromatic heterocycles. The number of hydrogen-bond acceptors (Lipinski definition) is 4. The van der Waals surface area contributed by atoms with Crippen molar-refractivity contribution >= 4 is 23.4 Å². The Balaban J connectivity index is 2.03. The van der Waals surface area contributed by atoms with Gasteiger partial charge in [-0.05, 0) is 32.9 Å². The second kappa shape index (κ2) is 4.79. The number of alkyl carbamates (subject to hydrolysis) is 1. The van der Waals surface area contributed by atoms with E-state index < -0.39 is 17.9 Å². The van der Waals surface area contributed by atoms with Crippen LogP contribution in [0.15, 0.2) is 24.3 Å². The van der Waals surface area contributed by atoms with Gasteiger partial charge in [0.1, 0.15) is 5.60 Å². The molecular formula is C13H17N3O3. The Morgan fingerprint density at radius 3 is 2.53 bits per heavy atom. The van der Waals surface area contributed by atoms with Crippen molar-refractivity contribution < 1.29 is 14.3 Å². The molecule has 2 amide bonds. The molecule has 2 rings (SSSR count). The van der Waals surface area contributed by atoms with E-state index in [1.165, 1.54) is 0 Å². The Kier molecular flexibility index (Phi) is 3.33. The second-order valence-corrected chi connectivity index (χ2v) is 5.26. The summed E-state index contributed by atoms with van der Waals surface area (Å²) in [6.45, 7) is 5.28. The van der Waals surface area contributed by atoms with Crippen LogP contribution in [-0.4, -0.2) is 23.8 Å². The molecule has 102 valence electrons. The first-order chi connectivity index (χ1) is 8.85. The smallest absolute Gasteiger partial charge is 0.409 e. The molecule has 1 aromatic carbocycles. The number of anilines is 2. The summed E-state index contributed by atoms with van der Waals surface area (Å²) in [5, 5.41) is 8.13. The van der Waals surface area contributed by atoms with Crippen LogP contribution in [0.25, 0.3) is 0 Å². The predicted molar refractivity (Wildman–Crippen MR) is 71.9 cm³/mol. The quantitative estimate of drug-likeness (QED) is 0.723. The third kappa shape index (κ3) is 3.37. The van der Waals surface area contributed by atoms with Crippen molar-refractivity contribution in [3.63, 3.8) is 0 Å². The number of para-hydroxylation sites is 2. The Labute approximate surface area is 111 Å². The summed E-state index contributed by atoms with van der Waals surface area (Å²) in [6.07, 6.45) is -1.48. The van der Waals surface area contributed by atoms with Crippen molar-refractivity contribution in [2.45, 2.75) is 32.5 Å². The van der Waals surface area contributed by atoms with Crippen LogP contribution in [0.2, 0.25) is 0 Å². The molecule has 1 heterocycles. The van der Waals surface area contributed by atoms with Gasteiger partial charge in [-0.1, -0.05) is 12.1 Å². The highest BCUT2D eigenvalue weighted by Gasteiger charge is 2.28. The van der Waals surface area contributed by atoms with Gasteiger partial charge < -0.3 is 15.4 Å². The molecule has 1 aliphatic rings. The molecule has 1 aromatic rings. The summed E-state index contributed by atoms with van der Waals surface area (Å²) in [5.74, 6) is -0.329. The molecular weight excluding hydrogens is 246 g/mol. The lowest BCUT2D eigenvalue weighted by atomic mass is 10.2. The molecule has 6 heteroatoms. The van der Waals surface area contributed by atoms with E-state index in [2.05, 4.69) is 16.0 Å². The van der Waals surface area contributed by atoms with Crippen molar-refractivity contribution in [2.75, 3.05) is 10.6 Å². The number of carbonyl (C=O) groups is 2. The number of nitrogens with one attached hydrogen (secondary N) is 3. The Hall–Kier alpha value is -2.24. The van der Waals surface area contributed by atoms with Crippen LogP contribution in [0.5, 0.6) is 0 Å². The van der Waals surface area contributed by atoms with Crippen LogP contribution in [0.1, 0.15) is 20.8 Å². The number of fused-ring (bicyclic) bond motifs is 1. The number of ether oxygens (including phenoxy) is 1. The van der Waals surface area contributed by atoms with Gasteiger partial charge in [-0.2, -0.15) is 0 Å². The fourth-order valence-corrected chi connectivity index (χ4v) is 1.67. The number of benzene rings is 1. The summed E-state index contributed by atoms with van der Waals surface area (Å²) < 4.78 is 5.11. The Morgan fingerprint density at radius 1 is 1.26 bits per heavy atom. The lowest BCUT2D eigenvalue weighted by molar-refractivity contribution is -0.117. The zero-order valence-corrected chi connectivity index (χ0v) is 11.1. The molecule has 0 bridgehead atoms. The molecule has 0 radical (unpaired) electrons. The molecule has 1 atom stereocenters. The van der Waals surface area contributed by atoms with E-state index in [9.17, 15) is 9.59 Å². The number of carbonyl (C=O) groups excluding carboxylic acids is 2. The molecule has 0 saturated heterocycles. The topological polar surface area (TPSA) is 79.5 Å². The summed E-state index contributed by atoms with van der Waals surface area (Å²) in [4.78, 5) is 23.4. The lowest BCUT2D eigenvalue weighted by Gasteiger charge is -2.28. The summed E-state index contributed by atoms with van der Waals surface area (Å²) in [6, 6.07) is 7.26. The Bertz CT molecular complexity index is 508. The first-order valence-electron chi connectivity index (χ1n) is 6.01. The largest absolute Gasteiger partial charge is 0.444 e. The minimum Gasteiger partial charge on any atom is -0.444 e. The average molecular weight is 263 g/mol. The minimum absolute atomic E-state index is 0.329. The molecule has 1 aliphatic heterocycles. The standard InChI is InChI=1S/C13H17N3O3/c1-13(2,3)19-12(18)16-10-11(17)15-9-7-5-4-6-8(9)14-10/h4-7,10,14H,1-3H3,(H,15,17)(H,16,18). The molecule has 0 saturated carbocycles. The van der Waals surface area contributed by atoms with E-state index in [0.29, 0.717) is 5.69 Å². The predicted octanol–water partition coefficient (Wildman–Crippen LogP) is 1.90. The third-order valence-corrected chi connectivity index (χ3v) is 2.41. The summed E-state index contributed by atoms with van der Waals surface area (Å²) in [5.41, 5.74) is 0.838. The maximum atomic E-state index is 11.8. The highest BCUT2D eigenvalue weighted by Crippen LogP contribution is 2.25. The monoisotopic (exact) mass is 263 g/mol. The van der Waals surface area contributed by atoms with Gasteiger partial charge in [0, 0.05) is 0 Å². The van der Waals surface area contributed by atoms with Gasteiger partial charge in [-0.3, -0.25) is 10.1 Å². The van der Waals surface area contributed by atoms with Crippen molar-refractivity contribution in [2.24, 2.45) is 0 Å². The molecule has 3 N–H and O–H groups in total. The first kappa shape index (κ1) is 13.2. The van der Waals surface area contributed by atoms with Gasteiger partial charge >= 0.3 is 6.09 Å². The number of hydrogen-bond donors (Lipinski definition) is 3. The van der Waals surface area contributed by atoms with Crippen LogP contribution >= 0.6 is 0 Å². The van der Waals surface area contributed by atoms with E-state index in [1.54, 1.807) is 26.8 Å². The third-order valence-electron chi connectivity index (χ3n) is 2.41. The van der Waals surface area contributed by atoms with Gasteiger partial charge in [-0.15, -0.1) is 0 Å². The van der Waals surface area contributed by atoms with Crippen LogP contribution in [-0.2, 0) is 9.53 Å². The summed E-state index contributed by atoms with van der Waals surface area (Å²) in [7, 11) is 0. The fourth-order valence-electron chi connectivity index (χ4n) is 1.67. The van der Waals surface area contributed by atoms with E-state index in [1.807, 2.05) is 18.2 Å². The minimum atomic E-state index is -0.843. The van der Waals surface area contributed by atoms with Gasteiger partial charge in [0.25, 0.3) is 5.91 Å². The van der Waals surface area contributed by atoms with Crippen molar-refractivity contribution in [3.05, 3.63) is 24.3 Å². The number of amides is 2. The van der Waals surface area contributed by atoms with Crippen molar-refractivity contribution in [3.8, 4) is 0 Å². The van der Waals surface area contributed by atoms with Crippen LogP contribution in [0, 0.1) is 0 Å².